The number of carbonyl (C=O) groups is 1. The lowest BCUT2D eigenvalue weighted by molar-refractivity contribution is -0.135. The molecule has 1 amide bonds. The van der Waals surface area contributed by atoms with E-state index in [0.29, 0.717) is 0 Å². The molecule has 0 unspecified atom stereocenters. The second kappa shape index (κ2) is 6.75. The molecule has 0 aromatic carbocycles. The van der Waals surface area contributed by atoms with Gasteiger partial charge in [0.2, 0.25) is 5.91 Å². The van der Waals surface area contributed by atoms with Crippen LogP contribution in [0.25, 0.3) is 0 Å². The van der Waals surface area contributed by atoms with Gasteiger partial charge >= 0.3 is 0 Å². The van der Waals surface area contributed by atoms with E-state index in [-0.39, 0.29) is 17.7 Å². The maximum atomic E-state index is 13.2. The van der Waals surface area contributed by atoms with Crippen molar-refractivity contribution in [1.29, 1.82) is 0 Å². The number of hydrogen-bond donors (Lipinski definition) is 1. The largest absolute Gasteiger partial charge is 0.365 e. The number of nitrogens with one attached hydrogen (secondary N) is 1. The van der Waals surface area contributed by atoms with Crippen molar-refractivity contribution >= 4 is 11.6 Å². The summed E-state index contributed by atoms with van der Waals surface area (Å²) in [6, 6.07) is 0. The van der Waals surface area contributed by atoms with Crippen LogP contribution >= 0.6 is 0 Å². The first kappa shape index (κ1) is 17.1. The number of piperazine rings is 1. The summed E-state index contributed by atoms with van der Waals surface area (Å²) in [5.74, 6) is 0.490. The smallest absolute Gasteiger partial charge is 0.227 e. The summed E-state index contributed by atoms with van der Waals surface area (Å²) in [5, 5.41) is 12.0. The number of nitrogens with zero attached hydrogens (tertiary/aromatic N) is 6. The molecule has 2 aliphatic rings. The topological polar surface area (TPSA) is 71.2 Å². The van der Waals surface area contributed by atoms with E-state index in [0.717, 1.165) is 50.6 Å². The Hall–Kier alpha value is -2.35. The van der Waals surface area contributed by atoms with Gasteiger partial charge in [0.25, 0.3) is 0 Å². The number of hydrogen-bond acceptors (Lipinski definition) is 5. The molecular weight excluding hydrogens is 330 g/mol. The Kier molecular flexibility index (Phi) is 4.44. The number of aromatic nitrogens is 4. The van der Waals surface area contributed by atoms with E-state index in [4.69, 9.17) is 0 Å². The molecular formula is C18H27N7O. The van der Waals surface area contributed by atoms with Gasteiger partial charge in [0.15, 0.2) is 0 Å². The van der Waals surface area contributed by atoms with Crippen molar-refractivity contribution in [3.8, 4) is 0 Å². The van der Waals surface area contributed by atoms with Crippen molar-refractivity contribution in [1.82, 2.24) is 29.8 Å². The molecule has 0 bridgehead atoms. The second-order valence-corrected chi connectivity index (χ2v) is 7.36. The molecule has 0 radical (unpaired) electrons. The average Bonchev–Trinajstić information content (AvgIpc) is 3.36. The third-order valence-electron chi connectivity index (χ3n) is 5.85. The molecule has 2 fully saturated rings. The molecule has 8 nitrogen and oxygen atoms in total. The molecule has 140 valence electrons. The van der Waals surface area contributed by atoms with Crippen LogP contribution < -0.4 is 10.2 Å². The standard InChI is InChI=1S/C18H27N7O/c1-13-15(11-21-23(13)3)16-9-19-10-17(16)18(26)25-6-4-24(5-7-25)14-8-20-22(2)12-14/h8,11-12,16-17,19H,4-7,9-10H2,1-3H3/t16-,17+/m1/s1. The van der Waals surface area contributed by atoms with Crippen LogP contribution in [0.5, 0.6) is 0 Å². The molecule has 0 saturated carbocycles. The monoisotopic (exact) mass is 357 g/mol. The van der Waals surface area contributed by atoms with Crippen LogP contribution in [0.3, 0.4) is 0 Å². The molecule has 4 rings (SSSR count). The van der Waals surface area contributed by atoms with Gasteiger partial charge in [-0.1, -0.05) is 0 Å². The molecule has 2 saturated heterocycles. The maximum absolute atomic E-state index is 13.2. The van der Waals surface area contributed by atoms with Crippen LogP contribution in [0.15, 0.2) is 18.6 Å². The van der Waals surface area contributed by atoms with Crippen molar-refractivity contribution in [2.75, 3.05) is 44.2 Å². The molecule has 2 aromatic rings. The molecule has 1 N–H and O–H groups in total. The zero-order valence-electron chi connectivity index (χ0n) is 15.7. The summed E-state index contributed by atoms with van der Waals surface area (Å²) in [7, 11) is 3.88. The lowest BCUT2D eigenvalue weighted by Crippen LogP contribution is -2.51. The Morgan fingerprint density at radius 2 is 1.88 bits per heavy atom. The Bertz CT molecular complexity index is 787. The van der Waals surface area contributed by atoms with Crippen LogP contribution in [-0.2, 0) is 18.9 Å². The lowest BCUT2D eigenvalue weighted by Gasteiger charge is -2.37. The Balaban J connectivity index is 1.42. The van der Waals surface area contributed by atoms with E-state index in [9.17, 15) is 4.79 Å². The Labute approximate surface area is 153 Å². The van der Waals surface area contributed by atoms with Gasteiger partial charge in [0.05, 0.1) is 24.0 Å². The molecule has 2 atom stereocenters. The SMILES string of the molecule is Cc1c([C@H]2CNC[C@@H]2C(=O)N2CCN(c3cnn(C)c3)CC2)cnn1C. The molecule has 4 heterocycles. The number of rotatable bonds is 3. The van der Waals surface area contributed by atoms with Crippen molar-refractivity contribution < 1.29 is 4.79 Å². The minimum absolute atomic E-state index is 0.00263. The highest BCUT2D eigenvalue weighted by molar-refractivity contribution is 5.81. The molecule has 8 heteroatoms. The number of amides is 1. The second-order valence-electron chi connectivity index (χ2n) is 7.36. The molecule has 2 aliphatic heterocycles. The normalized spacial score (nSPS) is 23.7. The van der Waals surface area contributed by atoms with Gasteiger partial charge in [-0.3, -0.25) is 14.2 Å². The third kappa shape index (κ3) is 2.98. The summed E-state index contributed by atoms with van der Waals surface area (Å²) < 4.78 is 3.71. The predicted octanol–water partition coefficient (Wildman–Crippen LogP) is 0.114. The van der Waals surface area contributed by atoms with Crippen LogP contribution in [0, 0.1) is 12.8 Å². The fraction of sp³-hybridized carbons (Fsp3) is 0.611. The van der Waals surface area contributed by atoms with Crippen LogP contribution in [-0.4, -0.2) is 69.6 Å². The van der Waals surface area contributed by atoms with Gasteiger partial charge in [-0.2, -0.15) is 10.2 Å². The van der Waals surface area contributed by atoms with E-state index >= 15 is 0 Å². The number of aryl methyl sites for hydroxylation is 2. The molecule has 26 heavy (non-hydrogen) atoms. The van der Waals surface area contributed by atoms with Gasteiger partial charge in [0.1, 0.15) is 0 Å². The number of anilines is 1. The number of carbonyl (C=O) groups excluding carboxylic acids is 1. The van der Waals surface area contributed by atoms with Crippen molar-refractivity contribution in [3.05, 3.63) is 29.8 Å². The van der Waals surface area contributed by atoms with E-state index in [1.165, 1.54) is 5.56 Å². The molecule has 2 aromatic heterocycles. The first-order valence-corrected chi connectivity index (χ1v) is 9.26. The molecule has 0 spiro atoms. The minimum atomic E-state index is 0.00263. The van der Waals surface area contributed by atoms with Crippen LogP contribution in [0.4, 0.5) is 5.69 Å². The summed E-state index contributed by atoms with van der Waals surface area (Å²) in [5.41, 5.74) is 3.48. The van der Waals surface area contributed by atoms with Gasteiger partial charge in [-0.25, -0.2) is 0 Å². The summed E-state index contributed by atoms with van der Waals surface area (Å²) in [4.78, 5) is 17.5. The van der Waals surface area contributed by atoms with E-state index < -0.39 is 0 Å². The van der Waals surface area contributed by atoms with Crippen LogP contribution in [0.2, 0.25) is 0 Å². The predicted molar refractivity (Wildman–Crippen MR) is 99.0 cm³/mol. The fourth-order valence-electron chi connectivity index (χ4n) is 4.14. The summed E-state index contributed by atoms with van der Waals surface area (Å²) in [6.07, 6.45) is 5.84. The summed E-state index contributed by atoms with van der Waals surface area (Å²) in [6.45, 7) is 6.92. The van der Waals surface area contributed by atoms with Crippen molar-refractivity contribution in [3.63, 3.8) is 0 Å². The van der Waals surface area contributed by atoms with Crippen molar-refractivity contribution in [2.24, 2.45) is 20.0 Å². The minimum Gasteiger partial charge on any atom is -0.365 e. The van der Waals surface area contributed by atoms with E-state index in [1.807, 2.05) is 46.9 Å². The zero-order valence-corrected chi connectivity index (χ0v) is 15.7. The average molecular weight is 357 g/mol. The van der Waals surface area contributed by atoms with Gasteiger partial charge in [-0.05, 0) is 12.5 Å². The highest BCUT2D eigenvalue weighted by Gasteiger charge is 2.38. The van der Waals surface area contributed by atoms with E-state index in [1.54, 1.807) is 0 Å². The molecule has 0 aliphatic carbocycles. The van der Waals surface area contributed by atoms with Gasteiger partial charge in [0, 0.05) is 71.2 Å². The highest BCUT2D eigenvalue weighted by atomic mass is 16.2. The lowest BCUT2D eigenvalue weighted by atomic mass is 9.88. The van der Waals surface area contributed by atoms with Gasteiger partial charge < -0.3 is 15.1 Å². The third-order valence-corrected chi connectivity index (χ3v) is 5.85. The quantitative estimate of drug-likeness (QED) is 0.845. The first-order chi connectivity index (χ1) is 12.5. The Morgan fingerprint density at radius 1 is 1.12 bits per heavy atom. The maximum Gasteiger partial charge on any atom is 0.227 e. The Morgan fingerprint density at radius 3 is 2.50 bits per heavy atom. The first-order valence-electron chi connectivity index (χ1n) is 9.26. The van der Waals surface area contributed by atoms with E-state index in [2.05, 4.69) is 27.3 Å². The highest BCUT2D eigenvalue weighted by Crippen LogP contribution is 2.31. The zero-order chi connectivity index (χ0) is 18.3. The van der Waals surface area contributed by atoms with Crippen molar-refractivity contribution in [2.45, 2.75) is 12.8 Å². The fourth-order valence-corrected chi connectivity index (χ4v) is 4.14. The van der Waals surface area contributed by atoms with Gasteiger partial charge in [-0.15, -0.1) is 0 Å². The summed E-state index contributed by atoms with van der Waals surface area (Å²) >= 11 is 0. The van der Waals surface area contributed by atoms with Crippen LogP contribution in [0.1, 0.15) is 17.2 Å².